The second kappa shape index (κ2) is 5.33. The van der Waals surface area contributed by atoms with E-state index in [2.05, 4.69) is 13.8 Å². The molecule has 2 saturated carbocycles. The zero-order chi connectivity index (χ0) is 19.2. The van der Waals surface area contributed by atoms with Crippen molar-refractivity contribution < 1.29 is 28.5 Å². The number of Topliss-reactive ketones (excluding diaryl/α,β-unsaturated/α-hetero) is 1. The first kappa shape index (κ1) is 18.1. The fourth-order valence-corrected chi connectivity index (χ4v) is 7.42. The van der Waals surface area contributed by atoms with Gasteiger partial charge in [0.15, 0.2) is 6.29 Å². The highest BCUT2D eigenvalue weighted by molar-refractivity contribution is 6.06. The Morgan fingerprint density at radius 2 is 1.93 bits per heavy atom. The zero-order valence-electron chi connectivity index (χ0n) is 16.7. The first-order valence-electron chi connectivity index (χ1n) is 10.3. The van der Waals surface area contributed by atoms with E-state index in [1.54, 1.807) is 7.11 Å². The Bertz CT molecular complexity index is 707. The number of ketones is 1. The molecule has 0 radical (unpaired) electrons. The van der Waals surface area contributed by atoms with Crippen LogP contribution in [-0.2, 0) is 28.5 Å². The number of esters is 1. The monoisotopic (exact) mass is 378 g/mol. The van der Waals surface area contributed by atoms with E-state index in [1.165, 1.54) is 0 Å². The summed E-state index contributed by atoms with van der Waals surface area (Å²) in [6.45, 7) is 6.84. The van der Waals surface area contributed by atoms with Crippen molar-refractivity contribution in [2.45, 2.75) is 82.9 Å². The fraction of sp³-hybridized carbons (Fsp3) is 0.905. The van der Waals surface area contributed by atoms with E-state index >= 15 is 0 Å². The standard InChI is InChI=1S/C21H30O6/c1-12-9-13-16-18(2,6-5-14(22)19(16,3)17(23)26-13)21(12)8-7-20(27-21)10-15(24-4)25-11-20/h12-13,15-16H,5-11H2,1-4H3. The summed E-state index contributed by atoms with van der Waals surface area (Å²) in [6, 6.07) is 0. The van der Waals surface area contributed by atoms with Crippen LogP contribution < -0.4 is 0 Å². The van der Waals surface area contributed by atoms with Crippen molar-refractivity contribution in [3.8, 4) is 0 Å². The molecule has 8 atom stereocenters. The summed E-state index contributed by atoms with van der Waals surface area (Å²) in [5.74, 6) is -0.133. The molecule has 0 aromatic rings. The van der Waals surface area contributed by atoms with Crippen LogP contribution in [0, 0.1) is 22.7 Å². The van der Waals surface area contributed by atoms with Crippen LogP contribution in [0.4, 0.5) is 0 Å². The molecule has 2 spiro atoms. The molecule has 3 saturated heterocycles. The molecule has 3 heterocycles. The van der Waals surface area contributed by atoms with Crippen molar-refractivity contribution >= 4 is 11.8 Å². The highest BCUT2D eigenvalue weighted by Gasteiger charge is 2.76. The minimum absolute atomic E-state index is 0.0403. The molecule has 0 bridgehead atoms. The average molecular weight is 378 g/mol. The third kappa shape index (κ3) is 1.97. The van der Waals surface area contributed by atoms with Gasteiger partial charge in [0, 0.05) is 31.3 Å². The van der Waals surface area contributed by atoms with E-state index in [-0.39, 0.29) is 52.6 Å². The Morgan fingerprint density at radius 1 is 1.15 bits per heavy atom. The topological polar surface area (TPSA) is 71.1 Å². The molecule has 150 valence electrons. The van der Waals surface area contributed by atoms with Gasteiger partial charge in [0.05, 0.1) is 17.8 Å². The van der Waals surface area contributed by atoms with Gasteiger partial charge in [-0.15, -0.1) is 0 Å². The lowest BCUT2D eigenvalue weighted by Gasteiger charge is -2.61. The van der Waals surface area contributed by atoms with Crippen molar-refractivity contribution in [3.63, 3.8) is 0 Å². The first-order chi connectivity index (χ1) is 12.7. The zero-order valence-corrected chi connectivity index (χ0v) is 16.7. The van der Waals surface area contributed by atoms with Crippen LogP contribution in [-0.4, -0.2) is 49.1 Å². The number of ether oxygens (including phenoxy) is 4. The Labute approximate surface area is 160 Å². The number of hydrogen-bond donors (Lipinski definition) is 0. The van der Waals surface area contributed by atoms with Gasteiger partial charge in [-0.2, -0.15) is 0 Å². The number of carbonyl (C=O) groups excluding carboxylic acids is 2. The van der Waals surface area contributed by atoms with Gasteiger partial charge in [0.25, 0.3) is 0 Å². The smallest absolute Gasteiger partial charge is 0.320 e. The minimum atomic E-state index is -1.02. The van der Waals surface area contributed by atoms with Crippen molar-refractivity contribution in [1.29, 1.82) is 0 Å². The molecule has 2 aliphatic carbocycles. The van der Waals surface area contributed by atoms with Crippen molar-refractivity contribution in [2.24, 2.45) is 22.7 Å². The van der Waals surface area contributed by atoms with Crippen LogP contribution in [0.25, 0.3) is 0 Å². The summed E-state index contributed by atoms with van der Waals surface area (Å²) in [6.07, 6.45) is 4.17. The molecule has 8 unspecified atom stereocenters. The third-order valence-corrected chi connectivity index (χ3v) is 8.85. The Hall–Kier alpha value is -0.980. The number of methoxy groups -OCH3 is 1. The van der Waals surface area contributed by atoms with E-state index in [1.807, 2.05) is 6.92 Å². The van der Waals surface area contributed by atoms with Crippen LogP contribution in [0.1, 0.15) is 59.3 Å². The molecule has 0 aromatic heterocycles. The summed E-state index contributed by atoms with van der Waals surface area (Å²) in [5, 5.41) is 0. The number of fused-ring (bicyclic) bond motifs is 1. The maximum absolute atomic E-state index is 12.8. The van der Waals surface area contributed by atoms with Crippen LogP contribution in [0.15, 0.2) is 0 Å². The summed E-state index contributed by atoms with van der Waals surface area (Å²) in [5.41, 5.74) is -1.95. The van der Waals surface area contributed by atoms with Gasteiger partial charge in [-0.05, 0) is 38.5 Å². The van der Waals surface area contributed by atoms with Gasteiger partial charge in [-0.3, -0.25) is 9.59 Å². The van der Waals surface area contributed by atoms with E-state index in [0.29, 0.717) is 13.0 Å². The van der Waals surface area contributed by atoms with Crippen LogP contribution in [0.5, 0.6) is 0 Å². The molecule has 6 nitrogen and oxygen atoms in total. The molecule has 27 heavy (non-hydrogen) atoms. The van der Waals surface area contributed by atoms with Crippen molar-refractivity contribution in [3.05, 3.63) is 0 Å². The van der Waals surface area contributed by atoms with Gasteiger partial charge >= 0.3 is 5.97 Å². The number of hydrogen-bond acceptors (Lipinski definition) is 6. The third-order valence-electron chi connectivity index (χ3n) is 8.85. The quantitative estimate of drug-likeness (QED) is 0.516. The molecular weight excluding hydrogens is 348 g/mol. The number of carbonyl (C=O) groups is 2. The Balaban J connectivity index is 1.57. The fourth-order valence-electron chi connectivity index (χ4n) is 7.42. The van der Waals surface area contributed by atoms with Crippen LogP contribution in [0.2, 0.25) is 0 Å². The Kier molecular flexibility index (Phi) is 3.57. The van der Waals surface area contributed by atoms with Crippen molar-refractivity contribution in [2.75, 3.05) is 13.7 Å². The normalized spacial score (nSPS) is 56.7. The summed E-state index contributed by atoms with van der Waals surface area (Å²) < 4.78 is 24.0. The molecule has 3 aliphatic heterocycles. The van der Waals surface area contributed by atoms with Crippen molar-refractivity contribution in [1.82, 2.24) is 0 Å². The lowest BCUT2D eigenvalue weighted by Crippen LogP contribution is -2.67. The second-order valence-corrected chi connectivity index (χ2v) is 9.96. The van der Waals surface area contributed by atoms with Gasteiger partial charge in [-0.1, -0.05) is 13.8 Å². The lowest BCUT2D eigenvalue weighted by atomic mass is 9.44. The van der Waals surface area contributed by atoms with Gasteiger partial charge in [0.2, 0.25) is 0 Å². The molecule has 5 fully saturated rings. The van der Waals surface area contributed by atoms with E-state index in [4.69, 9.17) is 18.9 Å². The lowest BCUT2D eigenvalue weighted by molar-refractivity contribution is -0.247. The first-order valence-corrected chi connectivity index (χ1v) is 10.3. The van der Waals surface area contributed by atoms with Gasteiger partial charge in [-0.25, -0.2) is 0 Å². The molecular formula is C21H30O6. The molecule has 5 rings (SSSR count). The van der Waals surface area contributed by atoms with E-state index in [0.717, 1.165) is 32.1 Å². The Morgan fingerprint density at radius 3 is 2.63 bits per heavy atom. The predicted molar refractivity (Wildman–Crippen MR) is 94.8 cm³/mol. The highest BCUT2D eigenvalue weighted by atomic mass is 16.7. The second-order valence-electron chi connectivity index (χ2n) is 9.96. The average Bonchev–Trinajstić information content (AvgIpc) is 3.29. The maximum Gasteiger partial charge on any atom is 0.320 e. The molecule has 0 aromatic carbocycles. The van der Waals surface area contributed by atoms with Gasteiger partial charge < -0.3 is 18.9 Å². The number of rotatable bonds is 1. The summed E-state index contributed by atoms with van der Waals surface area (Å²) in [4.78, 5) is 25.6. The highest BCUT2D eigenvalue weighted by Crippen LogP contribution is 2.70. The maximum atomic E-state index is 12.8. The largest absolute Gasteiger partial charge is 0.461 e. The summed E-state index contributed by atoms with van der Waals surface area (Å²) >= 11 is 0. The summed E-state index contributed by atoms with van der Waals surface area (Å²) in [7, 11) is 1.67. The van der Waals surface area contributed by atoms with Gasteiger partial charge in [0.1, 0.15) is 17.3 Å². The van der Waals surface area contributed by atoms with Crippen LogP contribution in [0.3, 0.4) is 0 Å². The molecule has 6 heteroatoms. The molecule has 5 aliphatic rings. The predicted octanol–water partition coefficient (Wildman–Crippen LogP) is 2.62. The SMILES string of the molecule is COC1CC2(CCC3(O2)C(C)CC2OC(=O)C4(C)C(=O)CCC3(C)C24)CO1. The molecule has 0 N–H and O–H groups in total. The minimum Gasteiger partial charge on any atom is -0.461 e. The molecule has 0 amide bonds. The van der Waals surface area contributed by atoms with Crippen LogP contribution >= 0.6 is 0 Å². The van der Waals surface area contributed by atoms with E-state index < -0.39 is 5.41 Å². The van der Waals surface area contributed by atoms with E-state index in [9.17, 15) is 9.59 Å².